The number of aromatic nitrogens is 2. The first kappa shape index (κ1) is 19.0. The lowest BCUT2D eigenvalue weighted by Crippen LogP contribution is -2.37. The van der Waals surface area contributed by atoms with Crippen molar-refractivity contribution in [3.05, 3.63) is 53.9 Å². The van der Waals surface area contributed by atoms with Gasteiger partial charge in [-0.3, -0.25) is 4.79 Å². The van der Waals surface area contributed by atoms with Gasteiger partial charge in [0.1, 0.15) is 12.4 Å². The molecule has 0 aliphatic carbocycles. The van der Waals surface area contributed by atoms with Crippen molar-refractivity contribution >= 4 is 17.8 Å². The zero-order chi connectivity index (χ0) is 18.9. The number of ketones is 1. The molecular formula is C20H23N3O4. The zero-order valence-electron chi connectivity index (χ0n) is 15.3. The van der Waals surface area contributed by atoms with Gasteiger partial charge in [-0.15, -0.1) is 0 Å². The molecule has 0 saturated carbocycles. The number of benzene rings is 1. The first-order chi connectivity index (χ1) is 13.3. The van der Waals surface area contributed by atoms with E-state index in [1.165, 1.54) is 6.08 Å². The zero-order valence-corrected chi connectivity index (χ0v) is 15.3. The number of carbonyl (C=O) groups is 1. The van der Waals surface area contributed by atoms with Crippen molar-refractivity contribution in [1.82, 2.24) is 9.97 Å². The van der Waals surface area contributed by atoms with Crippen molar-refractivity contribution in [3.63, 3.8) is 0 Å². The molecule has 7 heteroatoms. The van der Waals surface area contributed by atoms with Crippen LogP contribution in [-0.4, -0.2) is 62.4 Å². The van der Waals surface area contributed by atoms with Crippen LogP contribution in [0.4, 0.5) is 5.95 Å². The van der Waals surface area contributed by atoms with Crippen molar-refractivity contribution in [1.29, 1.82) is 0 Å². The highest BCUT2D eigenvalue weighted by molar-refractivity contribution is 6.06. The van der Waals surface area contributed by atoms with E-state index in [9.17, 15) is 4.79 Å². The van der Waals surface area contributed by atoms with E-state index < -0.39 is 0 Å². The van der Waals surface area contributed by atoms with Crippen LogP contribution >= 0.6 is 0 Å². The average Bonchev–Trinajstić information content (AvgIpc) is 2.74. The van der Waals surface area contributed by atoms with Gasteiger partial charge in [0.15, 0.2) is 5.78 Å². The predicted molar refractivity (Wildman–Crippen MR) is 102 cm³/mol. The summed E-state index contributed by atoms with van der Waals surface area (Å²) in [4.78, 5) is 23.1. The van der Waals surface area contributed by atoms with Gasteiger partial charge >= 0.3 is 0 Å². The Morgan fingerprint density at radius 3 is 2.52 bits per heavy atom. The summed E-state index contributed by atoms with van der Waals surface area (Å²) in [7, 11) is 1.62. The highest BCUT2D eigenvalue weighted by Gasteiger charge is 2.13. The van der Waals surface area contributed by atoms with E-state index in [4.69, 9.17) is 14.2 Å². The molecule has 0 N–H and O–H groups in total. The number of anilines is 1. The van der Waals surface area contributed by atoms with Crippen LogP contribution in [-0.2, 0) is 9.47 Å². The Labute approximate surface area is 158 Å². The lowest BCUT2D eigenvalue weighted by Gasteiger charge is -2.26. The van der Waals surface area contributed by atoms with E-state index in [1.807, 2.05) is 0 Å². The maximum absolute atomic E-state index is 12.3. The van der Waals surface area contributed by atoms with E-state index in [-0.39, 0.29) is 5.78 Å². The molecule has 0 unspecified atom stereocenters. The van der Waals surface area contributed by atoms with Crippen molar-refractivity contribution in [3.8, 4) is 5.75 Å². The van der Waals surface area contributed by atoms with E-state index in [2.05, 4.69) is 14.9 Å². The molecule has 1 fully saturated rings. The van der Waals surface area contributed by atoms with Gasteiger partial charge in [-0.2, -0.15) is 0 Å². The summed E-state index contributed by atoms with van der Waals surface area (Å²) in [5.41, 5.74) is 1.37. The van der Waals surface area contributed by atoms with Crippen molar-refractivity contribution < 1.29 is 19.0 Å². The van der Waals surface area contributed by atoms with Crippen LogP contribution in [0, 0.1) is 0 Å². The largest absolute Gasteiger partial charge is 0.491 e. The monoisotopic (exact) mass is 369 g/mol. The summed E-state index contributed by atoms with van der Waals surface area (Å²) in [5.74, 6) is 1.31. The molecule has 0 radical (unpaired) electrons. The highest BCUT2D eigenvalue weighted by Crippen LogP contribution is 2.14. The number of carbonyl (C=O) groups excluding carboxylic acids is 1. The minimum absolute atomic E-state index is 0.0873. The van der Waals surface area contributed by atoms with Crippen LogP contribution in [0.2, 0.25) is 0 Å². The molecule has 2 aromatic rings. The van der Waals surface area contributed by atoms with Crippen LogP contribution in [0.25, 0.3) is 6.08 Å². The standard InChI is InChI=1S/C20H23N3O4/c1-25-12-13-27-18-5-3-17(4-6-18)19(24)7-2-16-14-21-20(22-15-16)23-8-10-26-11-9-23/h2-7,14-15H,8-13H2,1H3/b7-2+. The van der Waals surface area contributed by atoms with Gasteiger partial charge < -0.3 is 19.1 Å². The third kappa shape index (κ3) is 5.60. The molecule has 0 spiro atoms. The summed E-state index contributed by atoms with van der Waals surface area (Å²) >= 11 is 0. The van der Waals surface area contributed by atoms with E-state index >= 15 is 0 Å². The molecule has 1 aromatic heterocycles. The molecule has 1 aromatic carbocycles. The second kappa shape index (κ2) is 9.80. The molecule has 1 aliphatic heterocycles. The van der Waals surface area contributed by atoms with E-state index in [1.54, 1.807) is 49.8 Å². The van der Waals surface area contributed by atoms with E-state index in [0.29, 0.717) is 43.7 Å². The lowest BCUT2D eigenvalue weighted by atomic mass is 10.1. The molecule has 0 atom stereocenters. The summed E-state index contributed by atoms with van der Waals surface area (Å²) in [6.45, 7) is 3.96. The molecule has 142 valence electrons. The molecule has 0 amide bonds. The molecular weight excluding hydrogens is 346 g/mol. The molecule has 0 bridgehead atoms. The fourth-order valence-corrected chi connectivity index (χ4v) is 2.57. The Hall–Kier alpha value is -2.77. The molecule has 1 aliphatic rings. The number of morpholine rings is 1. The van der Waals surface area contributed by atoms with Crippen LogP contribution in [0.1, 0.15) is 15.9 Å². The molecule has 1 saturated heterocycles. The number of hydrogen-bond acceptors (Lipinski definition) is 7. The van der Waals surface area contributed by atoms with Crippen LogP contribution in [0.5, 0.6) is 5.75 Å². The van der Waals surface area contributed by atoms with Crippen LogP contribution in [0.3, 0.4) is 0 Å². The SMILES string of the molecule is COCCOc1ccc(C(=O)/C=C/c2cnc(N3CCOCC3)nc2)cc1. The summed E-state index contributed by atoms with van der Waals surface area (Å²) in [5, 5.41) is 0. The summed E-state index contributed by atoms with van der Waals surface area (Å²) in [6.07, 6.45) is 6.67. The number of nitrogens with zero attached hydrogens (tertiary/aromatic N) is 3. The van der Waals surface area contributed by atoms with Crippen LogP contribution in [0.15, 0.2) is 42.7 Å². The number of rotatable bonds is 8. The first-order valence-corrected chi connectivity index (χ1v) is 8.85. The molecule has 27 heavy (non-hydrogen) atoms. The molecule has 7 nitrogen and oxygen atoms in total. The second-order valence-corrected chi connectivity index (χ2v) is 5.98. The fourth-order valence-electron chi connectivity index (χ4n) is 2.57. The third-order valence-electron chi connectivity index (χ3n) is 4.07. The molecule has 3 rings (SSSR count). The first-order valence-electron chi connectivity index (χ1n) is 8.85. The topological polar surface area (TPSA) is 73.8 Å². The van der Waals surface area contributed by atoms with Crippen molar-refractivity contribution in [2.45, 2.75) is 0 Å². The highest BCUT2D eigenvalue weighted by atomic mass is 16.5. The average molecular weight is 369 g/mol. The summed E-state index contributed by atoms with van der Waals surface area (Å²) < 4.78 is 15.7. The maximum Gasteiger partial charge on any atom is 0.225 e. The van der Waals surface area contributed by atoms with Gasteiger partial charge in [0, 0.05) is 43.7 Å². The van der Waals surface area contributed by atoms with Gasteiger partial charge in [0.2, 0.25) is 5.95 Å². The molecule has 2 heterocycles. The smallest absolute Gasteiger partial charge is 0.225 e. The fraction of sp³-hybridized carbons (Fsp3) is 0.350. The number of hydrogen-bond donors (Lipinski definition) is 0. The van der Waals surface area contributed by atoms with Crippen molar-refractivity contribution in [2.24, 2.45) is 0 Å². The summed E-state index contributed by atoms with van der Waals surface area (Å²) in [6, 6.07) is 7.04. The van der Waals surface area contributed by atoms with Crippen LogP contribution < -0.4 is 9.64 Å². The Kier molecular flexibility index (Phi) is 6.90. The minimum atomic E-state index is -0.0873. The number of allylic oxidation sites excluding steroid dienone is 1. The quantitative estimate of drug-likeness (QED) is 0.401. The van der Waals surface area contributed by atoms with Gasteiger partial charge in [-0.1, -0.05) is 0 Å². The normalized spacial score (nSPS) is 14.5. The second-order valence-electron chi connectivity index (χ2n) is 5.98. The van der Waals surface area contributed by atoms with Gasteiger partial charge in [0.05, 0.1) is 19.8 Å². The third-order valence-corrected chi connectivity index (χ3v) is 4.07. The Morgan fingerprint density at radius 2 is 1.85 bits per heavy atom. The van der Waals surface area contributed by atoms with Gasteiger partial charge in [-0.05, 0) is 36.4 Å². The minimum Gasteiger partial charge on any atom is -0.491 e. The van der Waals surface area contributed by atoms with Gasteiger partial charge in [-0.25, -0.2) is 9.97 Å². The number of methoxy groups -OCH3 is 1. The predicted octanol–water partition coefficient (Wildman–Crippen LogP) is 2.23. The Balaban J connectivity index is 1.56. The lowest BCUT2D eigenvalue weighted by molar-refractivity contribution is 0.104. The van der Waals surface area contributed by atoms with Crippen molar-refractivity contribution in [2.75, 3.05) is 51.5 Å². The maximum atomic E-state index is 12.3. The Morgan fingerprint density at radius 1 is 1.15 bits per heavy atom. The van der Waals surface area contributed by atoms with E-state index in [0.717, 1.165) is 18.7 Å². The number of ether oxygens (including phenoxy) is 3. The Bertz CT molecular complexity index is 754. The van der Waals surface area contributed by atoms with Gasteiger partial charge in [0.25, 0.3) is 0 Å².